The van der Waals surface area contributed by atoms with E-state index in [2.05, 4.69) is 47.5 Å². The zero-order valence-corrected chi connectivity index (χ0v) is 49.7. The van der Waals surface area contributed by atoms with Gasteiger partial charge in [0.15, 0.2) is 5.96 Å². The number of carbonyl (C=O) groups excluding carboxylic acids is 6. The summed E-state index contributed by atoms with van der Waals surface area (Å²) in [6.07, 6.45) is 4.33. The molecule has 0 spiro atoms. The number of anilines is 1. The Bertz CT molecular complexity index is 2680. The van der Waals surface area contributed by atoms with Gasteiger partial charge in [0.05, 0.1) is 32.1 Å². The van der Waals surface area contributed by atoms with Crippen LogP contribution in [0.2, 0.25) is 0 Å². The van der Waals surface area contributed by atoms with Crippen molar-refractivity contribution >= 4 is 65.1 Å². The molecule has 2 aliphatic rings. The van der Waals surface area contributed by atoms with Crippen LogP contribution in [0.3, 0.4) is 0 Å². The van der Waals surface area contributed by atoms with Crippen LogP contribution in [-0.2, 0) is 44.9 Å². The van der Waals surface area contributed by atoms with Crippen LogP contribution in [0.5, 0.6) is 5.75 Å². The minimum absolute atomic E-state index is 0.0111. The largest absolute Gasteiger partial charge is 0.508 e. The summed E-state index contributed by atoms with van der Waals surface area (Å²) in [5.41, 5.74) is 8.87. The Morgan fingerprint density at radius 2 is 1.14 bits per heavy atom. The minimum Gasteiger partial charge on any atom is -0.508 e. The number of aliphatic carboxylic acids is 3. The quantitative estimate of drug-likeness (QED) is 0.0238. The predicted molar refractivity (Wildman–Crippen MR) is 325 cm³/mol. The van der Waals surface area contributed by atoms with Crippen molar-refractivity contribution in [2.75, 3.05) is 123 Å². The number of guanidine groups is 1. The predicted octanol–water partition coefficient (Wildman–Crippen LogP) is 0.562. The van der Waals surface area contributed by atoms with E-state index in [-0.39, 0.29) is 126 Å². The van der Waals surface area contributed by atoms with Crippen LogP contribution in [0.4, 0.5) is 10.5 Å². The van der Waals surface area contributed by atoms with Crippen LogP contribution in [0.25, 0.3) is 0 Å². The second-order valence-electron chi connectivity index (χ2n) is 21.8. The number of aromatic hydroxyl groups is 1. The van der Waals surface area contributed by atoms with Crippen LogP contribution in [-0.4, -0.2) is 223 Å². The zero-order chi connectivity index (χ0) is 62.9. The van der Waals surface area contributed by atoms with Gasteiger partial charge < -0.3 is 63.4 Å². The number of urea groups is 1. The number of phenols is 1. The van der Waals surface area contributed by atoms with Crippen LogP contribution < -0.4 is 48.3 Å². The van der Waals surface area contributed by atoms with E-state index < -0.39 is 47.7 Å². The van der Waals surface area contributed by atoms with E-state index in [4.69, 9.17) is 5.73 Å². The summed E-state index contributed by atoms with van der Waals surface area (Å²) in [7, 11) is 0. The van der Waals surface area contributed by atoms with Crippen molar-refractivity contribution < 1.29 is 63.6 Å². The average molecular weight is 1210 g/mol. The molecule has 1 saturated carbocycles. The van der Waals surface area contributed by atoms with Gasteiger partial charge in [0, 0.05) is 116 Å². The summed E-state index contributed by atoms with van der Waals surface area (Å²) in [6.45, 7) is 5.55. The molecule has 87 heavy (non-hydrogen) atoms. The van der Waals surface area contributed by atoms with Gasteiger partial charge in [-0.3, -0.25) is 68.3 Å². The minimum atomic E-state index is -1.04. The van der Waals surface area contributed by atoms with Crippen LogP contribution in [0, 0.1) is 11.8 Å². The SMILES string of the molecule is CCC(=O)NCCNC(=O)NC(N)=NCCC[C@@H](NC(=O)[C@H](c1ccccc1)c1ccc(NCCCNC(=O)C2CCC(CNC(=O)CN3CCN(CC(=O)O)CCN(CC(=O)O)CCN(CC(=O)O)CC3)CC2)cc1)C(=O)NCc1ccc(O)cc1. The Labute approximate surface area is 507 Å². The van der Waals surface area contributed by atoms with E-state index in [1.54, 1.807) is 33.8 Å². The third-order valence-electron chi connectivity index (χ3n) is 15.1. The van der Waals surface area contributed by atoms with Crippen molar-refractivity contribution in [2.24, 2.45) is 22.6 Å². The molecule has 476 valence electrons. The third-order valence-corrected chi connectivity index (χ3v) is 15.1. The highest BCUT2D eigenvalue weighted by molar-refractivity contribution is 5.95. The fourth-order valence-corrected chi connectivity index (χ4v) is 10.2. The van der Waals surface area contributed by atoms with Gasteiger partial charge in [0.2, 0.25) is 29.5 Å². The molecular formula is C60H88N14O13. The fourth-order valence-electron chi connectivity index (χ4n) is 10.2. The highest BCUT2D eigenvalue weighted by atomic mass is 16.4. The number of nitrogens with two attached hydrogens (primary N) is 1. The number of carbonyl (C=O) groups is 9. The van der Waals surface area contributed by atoms with E-state index in [1.807, 2.05) is 59.5 Å². The molecule has 0 unspecified atom stereocenters. The number of nitrogens with one attached hydrogen (secondary N) is 8. The number of amides is 7. The summed E-state index contributed by atoms with van der Waals surface area (Å²) < 4.78 is 0. The number of carboxylic acid groups (broad SMARTS) is 3. The summed E-state index contributed by atoms with van der Waals surface area (Å²) >= 11 is 0. The fraction of sp³-hybridized carbons (Fsp3) is 0.533. The molecule has 1 aliphatic heterocycles. The van der Waals surface area contributed by atoms with Gasteiger partial charge >= 0.3 is 23.9 Å². The van der Waals surface area contributed by atoms with Crippen molar-refractivity contribution in [3.8, 4) is 5.75 Å². The first-order valence-electron chi connectivity index (χ1n) is 29.8. The molecule has 3 aromatic rings. The van der Waals surface area contributed by atoms with Crippen molar-refractivity contribution in [3.05, 3.63) is 95.6 Å². The highest BCUT2D eigenvalue weighted by Crippen LogP contribution is 2.29. The van der Waals surface area contributed by atoms with Gasteiger partial charge in [-0.25, -0.2) is 4.79 Å². The highest BCUT2D eigenvalue weighted by Gasteiger charge is 2.30. The lowest BCUT2D eigenvalue weighted by atomic mass is 9.81. The molecule has 1 saturated heterocycles. The maximum atomic E-state index is 14.4. The number of aliphatic imine (C=N–C) groups is 1. The maximum absolute atomic E-state index is 14.4. The lowest BCUT2D eigenvalue weighted by Crippen LogP contribution is -2.50. The number of carboxylic acids is 3. The smallest absolute Gasteiger partial charge is 0.321 e. The zero-order valence-electron chi connectivity index (χ0n) is 49.7. The van der Waals surface area contributed by atoms with Gasteiger partial charge in [-0.05, 0) is 91.8 Å². The second kappa shape index (κ2) is 37.9. The first-order chi connectivity index (χ1) is 41.8. The molecule has 1 heterocycles. The lowest BCUT2D eigenvalue weighted by molar-refractivity contribution is -0.140. The van der Waals surface area contributed by atoms with E-state index in [0.717, 1.165) is 24.1 Å². The number of nitrogens with zero attached hydrogens (tertiary/aromatic N) is 5. The molecule has 2 atom stereocenters. The molecular weight excluding hydrogens is 1120 g/mol. The molecule has 27 heteroatoms. The number of benzene rings is 3. The Morgan fingerprint density at radius 3 is 1.70 bits per heavy atom. The van der Waals surface area contributed by atoms with Crippen LogP contribution in [0.15, 0.2) is 83.9 Å². The number of hydrogen-bond donors (Lipinski definition) is 13. The Hall–Kier alpha value is -8.40. The number of phenolic OH excluding ortho intramolecular Hbond substituents is 1. The number of hydrogen-bond acceptors (Lipinski definition) is 16. The van der Waals surface area contributed by atoms with E-state index in [1.165, 1.54) is 12.1 Å². The molecule has 1 aliphatic carbocycles. The van der Waals surface area contributed by atoms with Gasteiger partial charge in [-0.1, -0.05) is 61.5 Å². The van der Waals surface area contributed by atoms with Crippen molar-refractivity contribution in [1.82, 2.24) is 56.8 Å². The third kappa shape index (κ3) is 27.2. The summed E-state index contributed by atoms with van der Waals surface area (Å²) in [5, 5.41) is 61.3. The van der Waals surface area contributed by atoms with Crippen molar-refractivity contribution in [3.63, 3.8) is 0 Å². The topological polar surface area (TPSA) is 382 Å². The lowest BCUT2D eigenvalue weighted by Gasteiger charge is -2.33. The monoisotopic (exact) mass is 1210 g/mol. The molecule has 27 nitrogen and oxygen atoms in total. The van der Waals surface area contributed by atoms with Gasteiger partial charge in [-0.15, -0.1) is 0 Å². The normalized spacial score (nSPS) is 17.4. The Kier molecular flexibility index (Phi) is 30.2. The van der Waals surface area contributed by atoms with Gasteiger partial charge in [0.1, 0.15) is 11.8 Å². The first kappa shape index (κ1) is 69.4. The molecule has 0 radical (unpaired) electrons. The van der Waals surface area contributed by atoms with E-state index in [9.17, 15) is 63.6 Å². The Balaban J connectivity index is 1.07. The molecule has 14 N–H and O–H groups in total. The molecule has 0 aromatic heterocycles. The second-order valence-corrected chi connectivity index (χ2v) is 21.8. The van der Waals surface area contributed by atoms with Gasteiger partial charge in [0.25, 0.3) is 0 Å². The molecule has 2 fully saturated rings. The first-order valence-corrected chi connectivity index (χ1v) is 29.8. The summed E-state index contributed by atoms with van der Waals surface area (Å²) in [4.78, 5) is 124. The van der Waals surface area contributed by atoms with Gasteiger partial charge in [-0.2, -0.15) is 0 Å². The van der Waals surface area contributed by atoms with E-state index >= 15 is 0 Å². The standard InChI is InChI=1S/C60H88N14O13/c1-2-50(76)63-26-27-66-60(87)70-59(61)65-23-6-10-49(57(85)68-37-43-13-21-48(75)22-14-43)69-58(86)55(44-8-4-3-5-9-44)45-17-19-47(20-18-45)62-24-7-25-64-56(84)46-15-11-42(12-16-46)36-67-51(77)38-71-28-30-72(39-52(78)79)32-34-74(41-54(82)83)35-33-73(31-29-71)40-53(80)81/h3-5,8-9,13-14,17-22,42,46,49,55,62,75H,2,6-7,10-12,15-16,23-41H2,1H3,(H,63,76)(H,64,84)(H,67,77)(H,68,85)(H,69,86)(H,78,79)(H,80,81)(H,82,83)(H4,61,65,66,70,87)/t42?,46?,49-,55-/m1/s1. The average Bonchev–Trinajstić information content (AvgIpc) is 3.69. The molecule has 0 bridgehead atoms. The number of rotatable bonds is 31. The maximum Gasteiger partial charge on any atom is 0.321 e. The van der Waals surface area contributed by atoms with Crippen molar-refractivity contribution in [1.29, 1.82) is 0 Å². The molecule has 3 aromatic carbocycles. The van der Waals surface area contributed by atoms with Crippen LogP contribution >= 0.6 is 0 Å². The van der Waals surface area contributed by atoms with Crippen LogP contribution in [0.1, 0.15) is 80.9 Å². The van der Waals surface area contributed by atoms with Crippen molar-refractivity contribution in [2.45, 2.75) is 76.8 Å². The summed E-state index contributed by atoms with van der Waals surface area (Å²) in [6, 6.07) is 21.4. The van der Waals surface area contributed by atoms with E-state index in [0.29, 0.717) is 89.0 Å². The molecule has 5 rings (SSSR count). The molecule has 7 amide bonds. The Morgan fingerprint density at radius 1 is 0.586 bits per heavy atom. The summed E-state index contributed by atoms with van der Waals surface area (Å²) in [5.74, 6) is -5.12.